The fourth-order valence-electron chi connectivity index (χ4n) is 1.43. The zero-order chi connectivity index (χ0) is 14.3. The number of hydrogen-bond acceptors (Lipinski definition) is 4. The Hall–Kier alpha value is -2.09. The van der Waals surface area contributed by atoms with Crippen LogP contribution in [0.15, 0.2) is 12.4 Å². The summed E-state index contributed by atoms with van der Waals surface area (Å²) >= 11 is 0. The largest absolute Gasteiger partial charge is 0.479 e. The zero-order valence-corrected chi connectivity index (χ0v) is 10.7. The summed E-state index contributed by atoms with van der Waals surface area (Å²) in [6.07, 6.45) is 2.63. The molecule has 1 rings (SSSR count). The van der Waals surface area contributed by atoms with Gasteiger partial charge < -0.3 is 25.4 Å². The number of carbonyl (C=O) groups excluding carboxylic acids is 1. The lowest BCUT2D eigenvalue weighted by Crippen LogP contribution is -2.38. The minimum atomic E-state index is -1.45. The van der Waals surface area contributed by atoms with Crippen LogP contribution in [0.1, 0.15) is 12.2 Å². The Labute approximate surface area is 110 Å². The Morgan fingerprint density at radius 2 is 2.11 bits per heavy atom. The fraction of sp³-hybridized carbons (Fsp3) is 0.545. The van der Waals surface area contributed by atoms with Crippen LogP contribution in [0.5, 0.6) is 0 Å². The van der Waals surface area contributed by atoms with E-state index in [1.54, 1.807) is 6.20 Å². The van der Waals surface area contributed by atoms with E-state index in [-0.39, 0.29) is 13.0 Å². The average Bonchev–Trinajstić information content (AvgIpc) is 2.75. The standard InChI is InChI=1S/C11H18N4O4/c1-15-7-6-12-9(15)3-5-14-11(19)13-4-2-8(16)10(17)18/h6-8,16H,2-5H2,1H3,(H,17,18)(H2,13,14,19). The first kappa shape index (κ1) is 15.0. The second-order valence-electron chi connectivity index (χ2n) is 4.03. The highest BCUT2D eigenvalue weighted by atomic mass is 16.4. The SMILES string of the molecule is Cn1ccnc1CCNC(=O)NCCC(O)C(=O)O. The van der Waals surface area contributed by atoms with Gasteiger partial charge in [0.2, 0.25) is 0 Å². The average molecular weight is 270 g/mol. The van der Waals surface area contributed by atoms with E-state index in [9.17, 15) is 9.59 Å². The van der Waals surface area contributed by atoms with E-state index >= 15 is 0 Å². The van der Waals surface area contributed by atoms with Crippen LogP contribution >= 0.6 is 0 Å². The molecule has 1 heterocycles. The molecule has 1 unspecified atom stereocenters. The van der Waals surface area contributed by atoms with Crippen molar-refractivity contribution in [3.63, 3.8) is 0 Å². The number of aliphatic hydroxyl groups is 1. The number of aliphatic carboxylic acids is 1. The Balaban J connectivity index is 2.12. The van der Waals surface area contributed by atoms with Gasteiger partial charge in [-0.15, -0.1) is 0 Å². The van der Waals surface area contributed by atoms with E-state index < -0.39 is 18.1 Å². The number of nitrogens with zero attached hydrogens (tertiary/aromatic N) is 2. The molecule has 106 valence electrons. The van der Waals surface area contributed by atoms with Gasteiger partial charge in [0, 0.05) is 45.4 Å². The normalized spacial score (nSPS) is 11.9. The first-order chi connectivity index (χ1) is 9.00. The molecule has 1 aromatic heterocycles. The summed E-state index contributed by atoms with van der Waals surface area (Å²) in [4.78, 5) is 25.8. The maximum atomic E-state index is 11.3. The summed E-state index contributed by atoms with van der Waals surface area (Å²) < 4.78 is 1.86. The van der Waals surface area contributed by atoms with Crippen LogP contribution in [0.3, 0.4) is 0 Å². The summed E-state index contributed by atoms with van der Waals surface area (Å²) in [6.45, 7) is 0.528. The molecule has 0 aliphatic rings. The molecule has 0 saturated carbocycles. The molecule has 0 saturated heterocycles. The van der Waals surface area contributed by atoms with Crippen molar-refractivity contribution in [2.75, 3.05) is 13.1 Å². The quantitative estimate of drug-likeness (QED) is 0.512. The van der Waals surface area contributed by atoms with Gasteiger partial charge in [-0.05, 0) is 0 Å². The number of rotatable bonds is 7. The van der Waals surface area contributed by atoms with Crippen LogP contribution in [-0.2, 0) is 18.3 Å². The Kier molecular flexibility index (Phi) is 5.80. The van der Waals surface area contributed by atoms with Crippen molar-refractivity contribution in [2.45, 2.75) is 18.9 Å². The number of aryl methyl sites for hydroxylation is 1. The number of hydrogen-bond donors (Lipinski definition) is 4. The molecule has 0 aliphatic carbocycles. The second-order valence-corrected chi connectivity index (χ2v) is 4.03. The summed E-state index contributed by atoms with van der Waals surface area (Å²) in [7, 11) is 1.87. The van der Waals surface area contributed by atoms with Gasteiger partial charge >= 0.3 is 12.0 Å². The zero-order valence-electron chi connectivity index (χ0n) is 10.7. The van der Waals surface area contributed by atoms with E-state index in [0.29, 0.717) is 13.0 Å². The number of urea groups is 1. The van der Waals surface area contributed by atoms with Gasteiger partial charge in [0.25, 0.3) is 0 Å². The minimum Gasteiger partial charge on any atom is -0.479 e. The third-order valence-electron chi connectivity index (χ3n) is 2.54. The molecule has 1 aromatic rings. The van der Waals surface area contributed by atoms with Crippen molar-refractivity contribution in [3.05, 3.63) is 18.2 Å². The van der Waals surface area contributed by atoms with E-state index in [1.807, 2.05) is 17.8 Å². The highest BCUT2D eigenvalue weighted by Crippen LogP contribution is 1.94. The Bertz CT molecular complexity index is 432. The van der Waals surface area contributed by atoms with Gasteiger partial charge in [-0.3, -0.25) is 0 Å². The molecule has 0 spiro atoms. The van der Waals surface area contributed by atoms with Crippen molar-refractivity contribution in [1.29, 1.82) is 0 Å². The van der Waals surface area contributed by atoms with Crippen LogP contribution in [0, 0.1) is 0 Å². The predicted molar refractivity (Wildman–Crippen MR) is 66.6 cm³/mol. The van der Waals surface area contributed by atoms with E-state index in [1.165, 1.54) is 0 Å². The van der Waals surface area contributed by atoms with Crippen LogP contribution in [0.25, 0.3) is 0 Å². The number of aromatic nitrogens is 2. The smallest absolute Gasteiger partial charge is 0.332 e. The summed E-state index contributed by atoms with van der Waals surface area (Å²) in [5.41, 5.74) is 0. The van der Waals surface area contributed by atoms with Crippen molar-refractivity contribution < 1.29 is 19.8 Å². The number of imidazole rings is 1. The number of carboxylic acids is 1. The molecule has 1 atom stereocenters. The van der Waals surface area contributed by atoms with Crippen LogP contribution < -0.4 is 10.6 Å². The fourth-order valence-corrected chi connectivity index (χ4v) is 1.43. The number of carbonyl (C=O) groups is 2. The Morgan fingerprint density at radius 1 is 1.42 bits per heavy atom. The first-order valence-corrected chi connectivity index (χ1v) is 5.89. The van der Waals surface area contributed by atoms with Gasteiger partial charge in [-0.2, -0.15) is 0 Å². The van der Waals surface area contributed by atoms with Gasteiger partial charge in [-0.1, -0.05) is 0 Å². The number of amides is 2. The number of carboxylic acid groups (broad SMARTS) is 1. The monoisotopic (exact) mass is 270 g/mol. The molecular weight excluding hydrogens is 252 g/mol. The molecule has 8 heteroatoms. The predicted octanol–water partition coefficient (Wildman–Crippen LogP) is -0.903. The van der Waals surface area contributed by atoms with E-state index in [0.717, 1.165) is 5.82 Å². The number of aliphatic hydroxyl groups excluding tert-OH is 1. The molecule has 0 bridgehead atoms. The Morgan fingerprint density at radius 3 is 2.68 bits per heavy atom. The maximum absolute atomic E-state index is 11.3. The van der Waals surface area contributed by atoms with Crippen LogP contribution in [0.4, 0.5) is 4.79 Å². The molecule has 19 heavy (non-hydrogen) atoms. The second kappa shape index (κ2) is 7.37. The van der Waals surface area contributed by atoms with Gasteiger partial charge in [0.05, 0.1) is 0 Å². The van der Waals surface area contributed by atoms with Gasteiger partial charge in [-0.25, -0.2) is 14.6 Å². The summed E-state index contributed by atoms with van der Waals surface area (Å²) in [6, 6.07) is -0.396. The molecule has 0 fully saturated rings. The van der Waals surface area contributed by atoms with E-state index in [2.05, 4.69) is 15.6 Å². The molecular formula is C11H18N4O4. The van der Waals surface area contributed by atoms with E-state index in [4.69, 9.17) is 10.2 Å². The van der Waals surface area contributed by atoms with Gasteiger partial charge in [0.15, 0.2) is 6.10 Å². The highest BCUT2D eigenvalue weighted by Gasteiger charge is 2.12. The molecule has 2 amide bonds. The maximum Gasteiger partial charge on any atom is 0.332 e. The van der Waals surface area contributed by atoms with Crippen molar-refractivity contribution in [1.82, 2.24) is 20.2 Å². The molecule has 0 radical (unpaired) electrons. The lowest BCUT2D eigenvalue weighted by atomic mass is 10.2. The summed E-state index contributed by atoms with van der Waals surface area (Å²) in [5, 5.41) is 22.5. The minimum absolute atomic E-state index is 0.0257. The lowest BCUT2D eigenvalue weighted by molar-refractivity contribution is -0.146. The molecule has 4 N–H and O–H groups in total. The third-order valence-corrected chi connectivity index (χ3v) is 2.54. The lowest BCUT2D eigenvalue weighted by Gasteiger charge is -2.09. The van der Waals surface area contributed by atoms with Gasteiger partial charge in [0.1, 0.15) is 5.82 Å². The topological polar surface area (TPSA) is 116 Å². The molecule has 8 nitrogen and oxygen atoms in total. The van der Waals surface area contributed by atoms with Crippen LogP contribution in [0.2, 0.25) is 0 Å². The van der Waals surface area contributed by atoms with Crippen LogP contribution in [-0.4, -0.2) is 51.0 Å². The molecule has 0 aliphatic heterocycles. The van der Waals surface area contributed by atoms with Crippen molar-refractivity contribution >= 4 is 12.0 Å². The highest BCUT2D eigenvalue weighted by molar-refractivity contribution is 5.74. The first-order valence-electron chi connectivity index (χ1n) is 5.89. The van der Waals surface area contributed by atoms with Crippen molar-refractivity contribution in [3.8, 4) is 0 Å². The van der Waals surface area contributed by atoms with Crippen molar-refractivity contribution in [2.24, 2.45) is 7.05 Å². The summed E-state index contributed by atoms with van der Waals surface area (Å²) in [5.74, 6) is -0.432. The molecule has 0 aromatic carbocycles. The third kappa shape index (κ3) is 5.38. The number of nitrogens with one attached hydrogen (secondary N) is 2.